The van der Waals surface area contributed by atoms with Crippen LogP contribution in [0.25, 0.3) is 0 Å². The maximum Gasteiger partial charge on any atom is 0.276 e. The molecule has 6 nitrogen and oxygen atoms in total. The molecule has 1 saturated heterocycles. The van der Waals surface area contributed by atoms with Crippen molar-refractivity contribution in [2.45, 2.75) is 38.8 Å². The van der Waals surface area contributed by atoms with Crippen LogP contribution in [0, 0.1) is 6.92 Å². The number of nitrogens with zero attached hydrogens (tertiary/aromatic N) is 4. The van der Waals surface area contributed by atoms with Crippen molar-refractivity contribution in [1.82, 2.24) is 25.2 Å². The van der Waals surface area contributed by atoms with E-state index in [1.165, 1.54) is 5.56 Å². The summed E-state index contributed by atoms with van der Waals surface area (Å²) < 4.78 is 1.85. The van der Waals surface area contributed by atoms with Crippen LogP contribution in [0.1, 0.15) is 53.5 Å². The number of aromatic nitrogens is 3. The molecule has 2 aromatic rings. The zero-order chi connectivity index (χ0) is 17.1. The summed E-state index contributed by atoms with van der Waals surface area (Å²) in [6.07, 6.45) is 3.83. The number of benzene rings is 1. The molecular formula is C18H25N5O. The molecule has 0 bridgehead atoms. The van der Waals surface area contributed by atoms with E-state index in [-0.39, 0.29) is 11.9 Å². The molecule has 0 aliphatic carbocycles. The topological polar surface area (TPSA) is 63.1 Å². The summed E-state index contributed by atoms with van der Waals surface area (Å²) in [5, 5.41) is 11.6. The molecule has 0 radical (unpaired) electrons. The lowest BCUT2D eigenvalue weighted by atomic mass is 10.1. The molecule has 1 aromatic carbocycles. The lowest BCUT2D eigenvalue weighted by molar-refractivity contribution is 0.0736. The van der Waals surface area contributed by atoms with E-state index >= 15 is 0 Å². The Kier molecular flexibility index (Phi) is 4.94. The fourth-order valence-electron chi connectivity index (χ4n) is 3.05. The first-order chi connectivity index (χ1) is 11.6. The van der Waals surface area contributed by atoms with Crippen LogP contribution >= 0.6 is 0 Å². The third-order valence-electron chi connectivity index (χ3n) is 4.87. The number of amides is 1. The monoisotopic (exact) mass is 327 g/mol. The normalized spacial score (nSPS) is 16.8. The van der Waals surface area contributed by atoms with Crippen molar-refractivity contribution in [3.05, 3.63) is 47.3 Å². The standard InChI is InChI=1S/C18H25N5O/c1-13-4-6-15(7-5-13)14(2)22(3)18(24)17-12-23(21-20-17)16-8-10-19-11-9-16/h4-7,12,14,16,19H,8-11H2,1-3H3. The first kappa shape index (κ1) is 16.6. The lowest BCUT2D eigenvalue weighted by Gasteiger charge is -2.24. The summed E-state index contributed by atoms with van der Waals surface area (Å²) in [5.41, 5.74) is 2.74. The minimum atomic E-state index is -0.0942. The van der Waals surface area contributed by atoms with Crippen molar-refractivity contribution < 1.29 is 4.79 Å². The Balaban J connectivity index is 1.71. The summed E-state index contributed by atoms with van der Waals surface area (Å²) in [7, 11) is 1.82. The summed E-state index contributed by atoms with van der Waals surface area (Å²) >= 11 is 0. The van der Waals surface area contributed by atoms with Crippen LogP contribution in [0.4, 0.5) is 0 Å². The molecule has 128 valence electrons. The van der Waals surface area contributed by atoms with Crippen LogP contribution in [0.5, 0.6) is 0 Å². The van der Waals surface area contributed by atoms with E-state index in [0.29, 0.717) is 11.7 Å². The predicted octanol–water partition coefficient (Wildman–Crippen LogP) is 2.34. The summed E-state index contributed by atoms with van der Waals surface area (Å²) in [6.45, 7) is 6.05. The first-order valence-electron chi connectivity index (χ1n) is 8.52. The van der Waals surface area contributed by atoms with Crippen molar-refractivity contribution >= 4 is 5.91 Å². The largest absolute Gasteiger partial charge is 0.334 e. The first-order valence-corrected chi connectivity index (χ1v) is 8.52. The van der Waals surface area contributed by atoms with Gasteiger partial charge in [0.05, 0.1) is 18.3 Å². The third-order valence-corrected chi connectivity index (χ3v) is 4.87. The number of hydrogen-bond donors (Lipinski definition) is 1. The highest BCUT2D eigenvalue weighted by Crippen LogP contribution is 2.22. The molecule has 1 aromatic heterocycles. The second-order valence-electron chi connectivity index (χ2n) is 6.57. The van der Waals surface area contributed by atoms with Crippen molar-refractivity contribution in [3.63, 3.8) is 0 Å². The van der Waals surface area contributed by atoms with Gasteiger partial charge in [-0.25, -0.2) is 4.68 Å². The summed E-state index contributed by atoms with van der Waals surface area (Å²) in [6, 6.07) is 8.59. The average molecular weight is 327 g/mol. The smallest absolute Gasteiger partial charge is 0.276 e. The van der Waals surface area contributed by atoms with Crippen molar-refractivity contribution in [2.24, 2.45) is 0 Å². The molecule has 0 saturated carbocycles. The maximum absolute atomic E-state index is 12.7. The van der Waals surface area contributed by atoms with Crippen LogP contribution in [0.15, 0.2) is 30.5 Å². The Morgan fingerprint density at radius 1 is 1.29 bits per heavy atom. The van der Waals surface area contributed by atoms with E-state index in [9.17, 15) is 4.79 Å². The van der Waals surface area contributed by atoms with Crippen molar-refractivity contribution in [3.8, 4) is 0 Å². The Morgan fingerprint density at radius 3 is 2.62 bits per heavy atom. The van der Waals surface area contributed by atoms with Crippen LogP contribution in [-0.2, 0) is 0 Å². The lowest BCUT2D eigenvalue weighted by Crippen LogP contribution is -2.30. The van der Waals surface area contributed by atoms with Crippen molar-refractivity contribution in [2.75, 3.05) is 20.1 Å². The number of aryl methyl sites for hydroxylation is 1. The van der Waals surface area contributed by atoms with Gasteiger partial charge in [-0.3, -0.25) is 4.79 Å². The molecule has 1 fully saturated rings. The van der Waals surface area contributed by atoms with Gasteiger partial charge in [0.1, 0.15) is 0 Å². The van der Waals surface area contributed by atoms with Crippen LogP contribution < -0.4 is 5.32 Å². The highest BCUT2D eigenvalue weighted by Gasteiger charge is 2.23. The number of hydrogen-bond acceptors (Lipinski definition) is 4. The van der Waals surface area contributed by atoms with Crippen LogP contribution in [-0.4, -0.2) is 45.9 Å². The average Bonchev–Trinajstić information content (AvgIpc) is 3.11. The number of rotatable bonds is 4. The highest BCUT2D eigenvalue weighted by molar-refractivity contribution is 5.92. The van der Waals surface area contributed by atoms with Crippen LogP contribution in [0.2, 0.25) is 0 Å². The van der Waals surface area contributed by atoms with Gasteiger partial charge in [0, 0.05) is 7.05 Å². The minimum Gasteiger partial charge on any atom is -0.334 e. The predicted molar refractivity (Wildman–Crippen MR) is 92.9 cm³/mol. The van der Waals surface area contributed by atoms with Gasteiger partial charge >= 0.3 is 0 Å². The van der Waals surface area contributed by atoms with Gasteiger partial charge < -0.3 is 10.2 Å². The van der Waals surface area contributed by atoms with E-state index < -0.39 is 0 Å². The number of nitrogens with one attached hydrogen (secondary N) is 1. The summed E-state index contributed by atoms with van der Waals surface area (Å²) in [5.74, 6) is -0.0942. The molecule has 1 atom stereocenters. The molecule has 2 heterocycles. The van der Waals surface area contributed by atoms with E-state index in [1.54, 1.807) is 11.1 Å². The number of carbonyl (C=O) groups excluding carboxylic acids is 1. The van der Waals surface area contributed by atoms with Gasteiger partial charge in [0.2, 0.25) is 0 Å². The Bertz CT molecular complexity index is 688. The zero-order valence-corrected chi connectivity index (χ0v) is 14.6. The van der Waals surface area contributed by atoms with E-state index in [0.717, 1.165) is 31.5 Å². The molecule has 1 unspecified atom stereocenters. The molecule has 0 spiro atoms. The van der Waals surface area contributed by atoms with E-state index in [4.69, 9.17) is 0 Å². The van der Waals surface area contributed by atoms with Gasteiger partial charge in [-0.15, -0.1) is 5.10 Å². The van der Waals surface area contributed by atoms with Gasteiger partial charge in [0.25, 0.3) is 5.91 Å². The zero-order valence-electron chi connectivity index (χ0n) is 14.6. The highest BCUT2D eigenvalue weighted by atomic mass is 16.2. The quantitative estimate of drug-likeness (QED) is 0.936. The van der Waals surface area contributed by atoms with Gasteiger partial charge in [0.15, 0.2) is 5.69 Å². The third kappa shape index (κ3) is 3.48. The molecule has 1 N–H and O–H groups in total. The molecule has 6 heteroatoms. The Hall–Kier alpha value is -2.21. The second kappa shape index (κ2) is 7.13. The number of carbonyl (C=O) groups is 1. The van der Waals surface area contributed by atoms with Crippen molar-refractivity contribution in [1.29, 1.82) is 0 Å². The maximum atomic E-state index is 12.7. The van der Waals surface area contributed by atoms with Crippen LogP contribution in [0.3, 0.4) is 0 Å². The fourth-order valence-corrected chi connectivity index (χ4v) is 3.05. The number of piperidine rings is 1. The van der Waals surface area contributed by atoms with Gasteiger partial charge in [-0.2, -0.15) is 0 Å². The molecule has 3 rings (SSSR count). The molecule has 1 amide bonds. The molecule has 24 heavy (non-hydrogen) atoms. The van der Waals surface area contributed by atoms with E-state index in [1.807, 2.05) is 18.7 Å². The SMILES string of the molecule is Cc1ccc(C(C)N(C)C(=O)c2cn(C3CCNCC3)nn2)cc1. The Morgan fingerprint density at radius 2 is 1.96 bits per heavy atom. The van der Waals surface area contributed by atoms with Gasteiger partial charge in [-0.1, -0.05) is 35.0 Å². The Labute approximate surface area is 142 Å². The second-order valence-corrected chi connectivity index (χ2v) is 6.57. The molecular weight excluding hydrogens is 302 g/mol. The minimum absolute atomic E-state index is 0.0119. The van der Waals surface area contributed by atoms with Gasteiger partial charge in [-0.05, 0) is 45.3 Å². The molecule has 1 aliphatic rings. The summed E-state index contributed by atoms with van der Waals surface area (Å²) in [4.78, 5) is 14.4. The molecule has 1 aliphatic heterocycles. The fraction of sp³-hybridized carbons (Fsp3) is 0.500. The van der Waals surface area contributed by atoms with E-state index in [2.05, 4.69) is 46.8 Å².